The average molecular weight is 515 g/mol. The van der Waals surface area contributed by atoms with E-state index in [1.807, 2.05) is 13.0 Å². The van der Waals surface area contributed by atoms with Crippen LogP contribution in [-0.2, 0) is 14.3 Å². The minimum atomic E-state index is -0.959. The number of fused-ring (bicyclic) bond motifs is 1. The Morgan fingerprint density at radius 1 is 1.03 bits per heavy atom. The Kier molecular flexibility index (Phi) is 6.45. The van der Waals surface area contributed by atoms with E-state index in [0.29, 0.717) is 39.7 Å². The number of aliphatic hydroxyl groups excluding tert-OH is 1. The van der Waals surface area contributed by atoms with E-state index < -0.39 is 23.7 Å². The van der Waals surface area contributed by atoms with Crippen molar-refractivity contribution in [3.8, 4) is 5.75 Å². The molecule has 2 heterocycles. The number of carbonyl (C=O) groups is 3. The van der Waals surface area contributed by atoms with Gasteiger partial charge in [0.15, 0.2) is 5.13 Å². The van der Waals surface area contributed by atoms with Crippen molar-refractivity contribution >= 4 is 50.1 Å². The quantitative estimate of drug-likeness (QED) is 0.165. The smallest absolute Gasteiger partial charge is 0.337 e. The van der Waals surface area contributed by atoms with Crippen LogP contribution in [0.1, 0.15) is 34.5 Å². The summed E-state index contributed by atoms with van der Waals surface area (Å²) in [7, 11) is 1.29. The van der Waals surface area contributed by atoms with Gasteiger partial charge < -0.3 is 14.6 Å². The van der Waals surface area contributed by atoms with E-state index in [1.54, 1.807) is 66.7 Å². The second-order valence-corrected chi connectivity index (χ2v) is 9.22. The Morgan fingerprint density at radius 2 is 1.76 bits per heavy atom. The molecule has 4 aromatic rings. The van der Waals surface area contributed by atoms with Crippen LogP contribution in [0.5, 0.6) is 5.75 Å². The van der Waals surface area contributed by atoms with Crippen LogP contribution in [0, 0.1) is 0 Å². The summed E-state index contributed by atoms with van der Waals surface area (Å²) in [6, 6.07) is 19.4. The lowest BCUT2D eigenvalue weighted by atomic mass is 9.95. The number of Topliss-reactive ketones (excluding diaryl/α,β-unsaturated/α-hetero) is 1. The number of rotatable bonds is 6. The first-order chi connectivity index (χ1) is 17.9. The van der Waals surface area contributed by atoms with E-state index in [0.717, 1.165) is 4.70 Å². The number of anilines is 1. The maximum Gasteiger partial charge on any atom is 0.337 e. The van der Waals surface area contributed by atoms with Crippen molar-refractivity contribution in [2.24, 2.45) is 0 Å². The molecular formula is C28H22N2O6S. The summed E-state index contributed by atoms with van der Waals surface area (Å²) in [5.41, 5.74) is 1.83. The zero-order valence-electron chi connectivity index (χ0n) is 20.0. The van der Waals surface area contributed by atoms with Crippen molar-refractivity contribution in [3.63, 3.8) is 0 Å². The highest BCUT2D eigenvalue weighted by Crippen LogP contribution is 2.44. The summed E-state index contributed by atoms with van der Waals surface area (Å²) in [5, 5.41) is 11.5. The minimum absolute atomic E-state index is 0.0590. The SMILES string of the molecule is CCOc1ccc2nc(N3C(=O)C(=O)/C(=C(/O)c4ccccc4)C3c3ccc(C(=O)OC)cc3)sc2c1. The first kappa shape index (κ1) is 24.2. The Hall–Kier alpha value is -4.50. The highest BCUT2D eigenvalue weighted by molar-refractivity contribution is 7.22. The topological polar surface area (TPSA) is 106 Å². The summed E-state index contributed by atoms with van der Waals surface area (Å²) in [6.07, 6.45) is 0. The molecule has 1 N–H and O–H groups in total. The molecule has 1 saturated heterocycles. The number of carbonyl (C=O) groups excluding carboxylic acids is 3. The molecular weight excluding hydrogens is 492 g/mol. The minimum Gasteiger partial charge on any atom is -0.507 e. The molecule has 1 fully saturated rings. The summed E-state index contributed by atoms with van der Waals surface area (Å²) < 4.78 is 11.1. The van der Waals surface area contributed by atoms with Gasteiger partial charge in [0.25, 0.3) is 5.78 Å². The van der Waals surface area contributed by atoms with Crippen LogP contribution in [0.15, 0.2) is 78.4 Å². The molecule has 0 aliphatic carbocycles. The maximum atomic E-state index is 13.4. The summed E-state index contributed by atoms with van der Waals surface area (Å²) in [5.74, 6) is -1.75. The molecule has 1 aromatic heterocycles. The van der Waals surface area contributed by atoms with Crippen molar-refractivity contribution in [1.82, 2.24) is 4.98 Å². The van der Waals surface area contributed by atoms with Crippen LogP contribution >= 0.6 is 11.3 Å². The number of ketones is 1. The second kappa shape index (κ2) is 9.87. The number of nitrogens with zero attached hydrogens (tertiary/aromatic N) is 2. The monoisotopic (exact) mass is 514 g/mol. The lowest BCUT2D eigenvalue weighted by molar-refractivity contribution is -0.132. The molecule has 8 nitrogen and oxygen atoms in total. The van der Waals surface area contributed by atoms with E-state index in [9.17, 15) is 19.5 Å². The van der Waals surface area contributed by atoms with E-state index in [1.165, 1.54) is 23.3 Å². The first-order valence-electron chi connectivity index (χ1n) is 11.5. The Morgan fingerprint density at radius 3 is 2.43 bits per heavy atom. The molecule has 1 aliphatic heterocycles. The van der Waals surface area contributed by atoms with Crippen molar-refractivity contribution in [2.75, 3.05) is 18.6 Å². The zero-order valence-corrected chi connectivity index (χ0v) is 20.8. The van der Waals surface area contributed by atoms with Gasteiger partial charge in [-0.2, -0.15) is 0 Å². The third kappa shape index (κ3) is 4.34. The summed E-state index contributed by atoms with van der Waals surface area (Å²) >= 11 is 1.24. The predicted molar refractivity (Wildman–Crippen MR) is 140 cm³/mol. The van der Waals surface area contributed by atoms with Crippen molar-refractivity contribution in [3.05, 3.63) is 95.1 Å². The van der Waals surface area contributed by atoms with Gasteiger partial charge in [-0.05, 0) is 42.8 Å². The number of aliphatic hydroxyl groups is 1. The molecule has 3 aromatic carbocycles. The second-order valence-electron chi connectivity index (χ2n) is 8.21. The Labute approximate surface area is 216 Å². The van der Waals surface area contributed by atoms with Gasteiger partial charge in [-0.3, -0.25) is 14.5 Å². The highest BCUT2D eigenvalue weighted by Gasteiger charge is 2.48. The van der Waals surface area contributed by atoms with Gasteiger partial charge >= 0.3 is 11.9 Å². The first-order valence-corrected chi connectivity index (χ1v) is 12.3. The molecule has 37 heavy (non-hydrogen) atoms. The predicted octanol–water partition coefficient (Wildman–Crippen LogP) is 5.11. The number of esters is 1. The number of methoxy groups -OCH3 is 1. The Balaban J connectivity index is 1.68. The lowest BCUT2D eigenvalue weighted by Gasteiger charge is -2.23. The van der Waals surface area contributed by atoms with E-state index in [4.69, 9.17) is 9.47 Å². The largest absolute Gasteiger partial charge is 0.507 e. The zero-order chi connectivity index (χ0) is 26.1. The normalized spacial score (nSPS) is 16.8. The summed E-state index contributed by atoms with van der Waals surface area (Å²) in [6.45, 7) is 2.40. The standard InChI is InChI=1S/C28H22N2O6S/c1-3-36-19-13-14-20-21(15-19)37-28(29-20)30-23(16-9-11-18(12-10-16)27(34)35-2)22(25(32)26(30)33)24(31)17-7-5-4-6-8-17/h4-15,23,31H,3H2,1-2H3/b24-22+. The third-order valence-electron chi connectivity index (χ3n) is 6.00. The molecule has 0 bridgehead atoms. The molecule has 9 heteroatoms. The number of aromatic nitrogens is 1. The van der Waals surface area contributed by atoms with Crippen molar-refractivity contribution < 1.29 is 29.0 Å². The number of hydrogen-bond donors (Lipinski definition) is 1. The molecule has 1 atom stereocenters. The van der Waals surface area contributed by atoms with Gasteiger partial charge in [-0.25, -0.2) is 9.78 Å². The highest BCUT2D eigenvalue weighted by atomic mass is 32.1. The Bertz CT molecular complexity index is 1540. The lowest BCUT2D eigenvalue weighted by Crippen LogP contribution is -2.29. The number of amides is 1. The maximum absolute atomic E-state index is 13.4. The molecule has 186 valence electrons. The van der Waals surface area contributed by atoms with Gasteiger partial charge in [0.05, 0.1) is 41.1 Å². The molecule has 5 rings (SSSR count). The fourth-order valence-electron chi connectivity index (χ4n) is 4.27. The number of thiazole rings is 1. The van der Waals surface area contributed by atoms with Crippen molar-refractivity contribution in [1.29, 1.82) is 0 Å². The number of hydrogen-bond acceptors (Lipinski definition) is 8. The molecule has 0 spiro atoms. The fourth-order valence-corrected chi connectivity index (χ4v) is 5.29. The molecule has 0 saturated carbocycles. The molecule has 1 unspecified atom stereocenters. The van der Waals surface area contributed by atoms with E-state index in [2.05, 4.69) is 4.98 Å². The van der Waals surface area contributed by atoms with Crippen LogP contribution < -0.4 is 9.64 Å². The van der Waals surface area contributed by atoms with Gasteiger partial charge in [-0.1, -0.05) is 53.8 Å². The van der Waals surface area contributed by atoms with Gasteiger partial charge in [0.1, 0.15) is 11.5 Å². The van der Waals surface area contributed by atoms with Gasteiger partial charge in [0.2, 0.25) is 0 Å². The average Bonchev–Trinajstić information content (AvgIpc) is 3.46. The number of ether oxygens (including phenoxy) is 2. The molecule has 1 amide bonds. The van der Waals surface area contributed by atoms with Crippen LogP contribution in [0.3, 0.4) is 0 Å². The van der Waals surface area contributed by atoms with Crippen LogP contribution in [-0.4, -0.2) is 41.5 Å². The van der Waals surface area contributed by atoms with E-state index in [-0.39, 0.29) is 11.3 Å². The van der Waals surface area contributed by atoms with Crippen LogP contribution in [0.2, 0.25) is 0 Å². The molecule has 0 radical (unpaired) electrons. The summed E-state index contributed by atoms with van der Waals surface area (Å²) in [4.78, 5) is 44.6. The fraction of sp³-hybridized carbons (Fsp3) is 0.143. The van der Waals surface area contributed by atoms with Crippen molar-refractivity contribution in [2.45, 2.75) is 13.0 Å². The molecule has 1 aliphatic rings. The van der Waals surface area contributed by atoms with Crippen LogP contribution in [0.25, 0.3) is 16.0 Å². The van der Waals surface area contributed by atoms with Gasteiger partial charge in [0, 0.05) is 5.56 Å². The number of benzene rings is 3. The van der Waals surface area contributed by atoms with E-state index >= 15 is 0 Å². The van der Waals surface area contributed by atoms with Gasteiger partial charge in [-0.15, -0.1) is 0 Å². The van der Waals surface area contributed by atoms with Crippen LogP contribution in [0.4, 0.5) is 5.13 Å². The third-order valence-corrected chi connectivity index (χ3v) is 7.02.